The van der Waals surface area contributed by atoms with Crippen molar-refractivity contribution in [3.8, 4) is 113 Å². The Kier molecular flexibility index (Phi) is 14.0. The summed E-state index contributed by atoms with van der Waals surface area (Å²) in [4.78, 5) is 32.6. The summed E-state index contributed by atoms with van der Waals surface area (Å²) in [6, 6.07) is 129. The lowest BCUT2D eigenvalue weighted by Crippen LogP contribution is -2.05. The zero-order valence-corrected chi connectivity index (χ0v) is 57.1. The van der Waals surface area contributed by atoms with Crippen LogP contribution in [0.3, 0.4) is 0 Å². The first-order chi connectivity index (χ1) is 52.6. The van der Waals surface area contributed by atoms with E-state index in [1.54, 1.807) is 0 Å². The van der Waals surface area contributed by atoms with Crippen LogP contribution >= 0.6 is 0 Å². The van der Waals surface area contributed by atoms with E-state index in [1.807, 2.05) is 72.8 Å². The minimum Gasteiger partial charge on any atom is -0.309 e. The van der Waals surface area contributed by atoms with Crippen LogP contribution in [0.2, 0.25) is 0 Å². The molecule has 0 aliphatic rings. The number of aromatic nitrogens is 10. The van der Waals surface area contributed by atoms with Crippen molar-refractivity contribution in [3.63, 3.8) is 0 Å². The molecule has 0 spiro atoms. The van der Waals surface area contributed by atoms with Gasteiger partial charge in [-0.3, -0.25) is 0 Å². The lowest BCUT2D eigenvalue weighted by atomic mass is 9.91. The average molecular weight is 1350 g/mol. The second-order valence-corrected chi connectivity index (χ2v) is 26.9. The highest BCUT2D eigenvalue weighted by Crippen LogP contribution is 2.47. The standard InChI is InChI=1S/C96H60N10/c1-5-28-61(29-6-1)91-97-92(62-30-7-2-8-31-62)100-95(99-91)75-44-26-52-87(105-83-50-23-17-42-73(83)77-59-67(54-56-85(77)105)103-79-46-19-13-38-69(79)70-39-14-20-47-80(70)103)89(75)65-36-25-37-66(58-65)90-76(96-101-93(63-32-9-3-10-33-63)98-94(102-96)64-34-11-4-12-35-64)45-27-53-88(90)106-84-51-24-18-43-74(84)78-60-68(55-57-86(78)106)104-81-48-21-15-40-71(81)72-41-16-22-49-82(72)104/h1-60H. The van der Waals surface area contributed by atoms with Crippen LogP contribution in [-0.4, -0.2) is 48.2 Å². The van der Waals surface area contributed by atoms with Crippen LogP contribution in [0.5, 0.6) is 0 Å². The van der Waals surface area contributed by atoms with E-state index in [1.165, 1.54) is 21.5 Å². The van der Waals surface area contributed by atoms with Gasteiger partial charge in [0.05, 0.1) is 55.5 Å². The van der Waals surface area contributed by atoms with Crippen LogP contribution in [0.4, 0.5) is 0 Å². The number of para-hydroxylation sites is 6. The Morgan fingerprint density at radius 1 is 0.160 bits per heavy atom. The molecule has 0 aliphatic heterocycles. The van der Waals surface area contributed by atoms with E-state index >= 15 is 0 Å². The first kappa shape index (κ1) is 60.3. The van der Waals surface area contributed by atoms with Crippen molar-refractivity contribution in [3.05, 3.63) is 364 Å². The molecule has 0 saturated carbocycles. The Labute approximate surface area is 609 Å². The van der Waals surface area contributed by atoms with E-state index in [0.29, 0.717) is 34.9 Å². The zero-order chi connectivity index (χ0) is 69.8. The molecule has 15 aromatic carbocycles. The Bertz CT molecular complexity index is 6430. The first-order valence-electron chi connectivity index (χ1n) is 35.8. The summed E-state index contributed by atoms with van der Waals surface area (Å²) in [5.41, 5.74) is 21.7. The molecule has 21 aromatic rings. The molecule has 10 heteroatoms. The molecule has 0 amide bonds. The maximum Gasteiger partial charge on any atom is 0.164 e. The molecule has 0 saturated heterocycles. The van der Waals surface area contributed by atoms with Gasteiger partial charge in [0, 0.05) is 99.0 Å². The van der Waals surface area contributed by atoms with E-state index in [-0.39, 0.29) is 0 Å². The lowest BCUT2D eigenvalue weighted by molar-refractivity contribution is 1.07. The summed E-state index contributed by atoms with van der Waals surface area (Å²) >= 11 is 0. The largest absolute Gasteiger partial charge is 0.309 e. The molecule has 0 aliphatic carbocycles. The predicted octanol–water partition coefficient (Wildman–Crippen LogP) is 23.8. The van der Waals surface area contributed by atoms with E-state index in [0.717, 1.165) is 144 Å². The number of fused-ring (bicyclic) bond motifs is 12. The van der Waals surface area contributed by atoms with Crippen molar-refractivity contribution in [2.45, 2.75) is 0 Å². The second-order valence-electron chi connectivity index (χ2n) is 26.9. The SMILES string of the molecule is c1ccc(-c2nc(-c3ccccc3)nc(-c3cccc(-n4c5ccccc5c5cc(-n6c7ccccc7c7ccccc76)ccc54)c3-c3cccc(-c4c(-c5nc(-c6ccccc6)nc(-c6ccccc6)n5)cccc4-n4c5ccccc5c5cc(-n6c7ccccc7c7ccccc76)ccc54)c3)n2)cc1. The highest BCUT2D eigenvalue weighted by molar-refractivity contribution is 6.15. The average Bonchev–Trinajstić information content (AvgIpc) is 1.55. The molecule has 6 aromatic heterocycles. The fourth-order valence-electron chi connectivity index (χ4n) is 16.2. The van der Waals surface area contributed by atoms with Crippen LogP contribution in [-0.2, 0) is 0 Å². The molecule has 0 atom stereocenters. The number of benzene rings is 15. The smallest absolute Gasteiger partial charge is 0.164 e. The number of rotatable bonds is 12. The van der Waals surface area contributed by atoms with E-state index in [4.69, 9.17) is 29.9 Å². The molecule has 0 bridgehead atoms. The van der Waals surface area contributed by atoms with Crippen molar-refractivity contribution in [1.82, 2.24) is 48.2 Å². The van der Waals surface area contributed by atoms with E-state index in [2.05, 4.69) is 309 Å². The van der Waals surface area contributed by atoms with Crippen molar-refractivity contribution < 1.29 is 0 Å². The quantitative estimate of drug-likeness (QED) is 0.121. The zero-order valence-electron chi connectivity index (χ0n) is 57.1. The van der Waals surface area contributed by atoms with Gasteiger partial charge in [0.1, 0.15) is 0 Å². The number of nitrogens with zero attached hydrogens (tertiary/aromatic N) is 10. The fourth-order valence-corrected chi connectivity index (χ4v) is 16.2. The molecule has 494 valence electrons. The molecule has 0 N–H and O–H groups in total. The summed E-state index contributed by atoms with van der Waals surface area (Å²) in [6.45, 7) is 0. The first-order valence-corrected chi connectivity index (χ1v) is 35.8. The normalized spacial score (nSPS) is 11.8. The minimum absolute atomic E-state index is 0.531. The van der Waals surface area contributed by atoms with Crippen LogP contribution < -0.4 is 0 Å². The molecule has 21 rings (SSSR count). The summed E-state index contributed by atoms with van der Waals surface area (Å²) in [6.07, 6.45) is 0. The highest BCUT2D eigenvalue weighted by atomic mass is 15.1. The lowest BCUT2D eigenvalue weighted by Gasteiger charge is -2.21. The highest BCUT2D eigenvalue weighted by Gasteiger charge is 2.27. The van der Waals surface area contributed by atoms with Gasteiger partial charge in [-0.05, 0) is 102 Å². The summed E-state index contributed by atoms with van der Waals surface area (Å²) in [5, 5.41) is 9.33. The molecular formula is C96H60N10. The molecule has 6 heterocycles. The van der Waals surface area contributed by atoms with Gasteiger partial charge in [0.15, 0.2) is 34.9 Å². The monoisotopic (exact) mass is 1350 g/mol. The van der Waals surface area contributed by atoms with Crippen LogP contribution in [0.25, 0.3) is 201 Å². The molecule has 10 nitrogen and oxygen atoms in total. The molecule has 0 fully saturated rings. The Balaban J connectivity index is 0.843. The molecule has 0 radical (unpaired) electrons. The van der Waals surface area contributed by atoms with Gasteiger partial charge in [0.25, 0.3) is 0 Å². The number of hydrogen-bond acceptors (Lipinski definition) is 6. The Morgan fingerprint density at radius 3 is 0.726 bits per heavy atom. The van der Waals surface area contributed by atoms with Gasteiger partial charge in [-0.15, -0.1) is 0 Å². The maximum absolute atomic E-state index is 5.52. The molecule has 0 unspecified atom stereocenters. The van der Waals surface area contributed by atoms with Gasteiger partial charge < -0.3 is 18.3 Å². The van der Waals surface area contributed by atoms with Crippen molar-refractivity contribution in [2.75, 3.05) is 0 Å². The van der Waals surface area contributed by atoms with Crippen molar-refractivity contribution in [2.24, 2.45) is 0 Å². The number of hydrogen-bond donors (Lipinski definition) is 0. The van der Waals surface area contributed by atoms with Gasteiger partial charge in [-0.25, -0.2) is 29.9 Å². The van der Waals surface area contributed by atoms with Crippen LogP contribution in [0.15, 0.2) is 364 Å². The summed E-state index contributed by atoms with van der Waals surface area (Å²) < 4.78 is 9.69. The Morgan fingerprint density at radius 2 is 0.406 bits per heavy atom. The molecule has 106 heavy (non-hydrogen) atoms. The van der Waals surface area contributed by atoms with Gasteiger partial charge in [0.2, 0.25) is 0 Å². The minimum atomic E-state index is 0.531. The summed E-state index contributed by atoms with van der Waals surface area (Å²) in [7, 11) is 0. The Hall–Kier alpha value is -14.5. The fraction of sp³-hybridized carbons (Fsp3) is 0. The van der Waals surface area contributed by atoms with E-state index in [9.17, 15) is 0 Å². The topological polar surface area (TPSA) is 97.1 Å². The van der Waals surface area contributed by atoms with Gasteiger partial charge in [-0.1, -0.05) is 273 Å². The second kappa shape index (κ2) is 24.7. The van der Waals surface area contributed by atoms with Gasteiger partial charge in [-0.2, -0.15) is 0 Å². The maximum atomic E-state index is 5.52. The van der Waals surface area contributed by atoms with Crippen LogP contribution in [0.1, 0.15) is 0 Å². The van der Waals surface area contributed by atoms with Crippen molar-refractivity contribution >= 4 is 87.2 Å². The third-order valence-corrected chi connectivity index (χ3v) is 20.9. The summed E-state index contributed by atoms with van der Waals surface area (Å²) in [5.74, 6) is 3.33. The van der Waals surface area contributed by atoms with Crippen molar-refractivity contribution in [1.29, 1.82) is 0 Å². The third-order valence-electron chi connectivity index (χ3n) is 20.9. The third kappa shape index (κ3) is 9.80. The van der Waals surface area contributed by atoms with Crippen LogP contribution in [0, 0.1) is 0 Å². The molecular weight excluding hydrogens is 1290 g/mol. The predicted molar refractivity (Wildman–Crippen MR) is 434 cm³/mol. The van der Waals surface area contributed by atoms with E-state index < -0.39 is 0 Å². The van der Waals surface area contributed by atoms with Gasteiger partial charge >= 0.3 is 0 Å².